The minimum absolute atomic E-state index is 0.261. The Morgan fingerprint density at radius 2 is 2.00 bits per heavy atom. The van der Waals surface area contributed by atoms with E-state index in [1.54, 1.807) is 16.9 Å². The molecular formula is C13H8BrFN2. The topological polar surface area (TPSA) is 17.8 Å². The number of rotatable bonds is 1. The summed E-state index contributed by atoms with van der Waals surface area (Å²) in [6.45, 7) is 0. The summed E-state index contributed by atoms with van der Waals surface area (Å²) in [7, 11) is 0. The first-order valence-electron chi connectivity index (χ1n) is 5.13. The van der Waals surface area contributed by atoms with Gasteiger partial charge in [-0.15, -0.1) is 0 Å². The highest BCUT2D eigenvalue weighted by atomic mass is 79.9. The number of halogens is 2. The maximum absolute atomic E-state index is 13.2. The molecule has 0 saturated heterocycles. The van der Waals surface area contributed by atoms with Gasteiger partial charge in [-0.05, 0) is 36.4 Å². The Labute approximate surface area is 106 Å². The van der Waals surface area contributed by atoms with Crippen molar-refractivity contribution in [2.45, 2.75) is 0 Å². The third-order valence-corrected chi connectivity index (χ3v) is 3.08. The molecule has 1 aromatic heterocycles. The van der Waals surface area contributed by atoms with Crippen molar-refractivity contribution in [3.63, 3.8) is 0 Å². The molecule has 3 aromatic rings. The highest BCUT2D eigenvalue weighted by molar-refractivity contribution is 9.10. The van der Waals surface area contributed by atoms with Gasteiger partial charge in [-0.2, -0.15) is 5.10 Å². The summed E-state index contributed by atoms with van der Waals surface area (Å²) in [5.41, 5.74) is 1.68. The van der Waals surface area contributed by atoms with Crippen LogP contribution in [0, 0.1) is 5.82 Å². The van der Waals surface area contributed by atoms with Crippen molar-refractivity contribution in [3.05, 3.63) is 59.0 Å². The normalized spacial score (nSPS) is 10.9. The van der Waals surface area contributed by atoms with Gasteiger partial charge in [-0.1, -0.05) is 22.0 Å². The van der Waals surface area contributed by atoms with Gasteiger partial charge in [0, 0.05) is 9.86 Å². The molecule has 0 aliphatic carbocycles. The van der Waals surface area contributed by atoms with E-state index in [0.717, 1.165) is 21.1 Å². The second kappa shape index (κ2) is 3.96. The van der Waals surface area contributed by atoms with E-state index in [-0.39, 0.29) is 5.82 Å². The Bertz CT molecular complexity index is 691. The average Bonchev–Trinajstić information content (AvgIpc) is 2.71. The molecule has 84 valence electrons. The average molecular weight is 291 g/mol. The summed E-state index contributed by atoms with van der Waals surface area (Å²) in [6, 6.07) is 12.3. The number of nitrogens with zero attached hydrogens (tertiary/aromatic N) is 2. The van der Waals surface area contributed by atoms with Crippen molar-refractivity contribution in [1.29, 1.82) is 0 Å². The standard InChI is InChI=1S/C13H8BrFN2/c14-10-4-5-13-9(6-10)8-16-17(13)12-3-1-2-11(15)7-12/h1-8H. The van der Waals surface area contributed by atoms with E-state index in [1.165, 1.54) is 12.1 Å². The van der Waals surface area contributed by atoms with E-state index in [0.29, 0.717) is 0 Å². The van der Waals surface area contributed by atoms with Crippen LogP contribution < -0.4 is 0 Å². The molecule has 4 heteroatoms. The lowest BCUT2D eigenvalue weighted by atomic mass is 10.2. The van der Waals surface area contributed by atoms with Crippen molar-refractivity contribution >= 4 is 26.8 Å². The molecule has 2 aromatic carbocycles. The molecule has 0 amide bonds. The zero-order valence-corrected chi connectivity index (χ0v) is 10.4. The lowest BCUT2D eigenvalue weighted by Gasteiger charge is -2.03. The van der Waals surface area contributed by atoms with Crippen LogP contribution >= 0.6 is 15.9 Å². The first kappa shape index (κ1) is 10.5. The van der Waals surface area contributed by atoms with Crippen molar-refractivity contribution in [1.82, 2.24) is 9.78 Å². The highest BCUT2D eigenvalue weighted by Gasteiger charge is 2.05. The van der Waals surface area contributed by atoms with Crippen molar-refractivity contribution < 1.29 is 4.39 Å². The van der Waals surface area contributed by atoms with Crippen LogP contribution in [0.1, 0.15) is 0 Å². The molecule has 0 unspecified atom stereocenters. The summed E-state index contributed by atoms with van der Waals surface area (Å²) >= 11 is 3.41. The maximum Gasteiger partial charge on any atom is 0.125 e. The third-order valence-electron chi connectivity index (χ3n) is 2.58. The zero-order valence-electron chi connectivity index (χ0n) is 8.77. The van der Waals surface area contributed by atoms with Crippen LogP contribution in [-0.4, -0.2) is 9.78 Å². The van der Waals surface area contributed by atoms with Gasteiger partial charge in [-0.3, -0.25) is 0 Å². The second-order valence-corrected chi connectivity index (χ2v) is 4.66. The van der Waals surface area contributed by atoms with Crippen LogP contribution in [0.15, 0.2) is 53.1 Å². The second-order valence-electron chi connectivity index (χ2n) is 3.74. The van der Waals surface area contributed by atoms with Crippen LogP contribution in [0.3, 0.4) is 0 Å². The smallest absolute Gasteiger partial charge is 0.125 e. The van der Waals surface area contributed by atoms with Crippen LogP contribution in [0.5, 0.6) is 0 Å². The summed E-state index contributed by atoms with van der Waals surface area (Å²) < 4.78 is 15.9. The zero-order chi connectivity index (χ0) is 11.8. The summed E-state index contributed by atoms with van der Waals surface area (Å²) in [6.07, 6.45) is 1.77. The highest BCUT2D eigenvalue weighted by Crippen LogP contribution is 2.22. The number of aromatic nitrogens is 2. The van der Waals surface area contributed by atoms with Gasteiger partial charge < -0.3 is 0 Å². The SMILES string of the molecule is Fc1cccc(-n2ncc3cc(Br)ccc32)c1. The minimum Gasteiger partial charge on any atom is -0.233 e. The van der Waals surface area contributed by atoms with E-state index < -0.39 is 0 Å². The van der Waals surface area contributed by atoms with Gasteiger partial charge in [0.05, 0.1) is 17.4 Å². The number of hydrogen-bond acceptors (Lipinski definition) is 1. The van der Waals surface area contributed by atoms with E-state index in [2.05, 4.69) is 21.0 Å². The van der Waals surface area contributed by atoms with Gasteiger partial charge >= 0.3 is 0 Å². The van der Waals surface area contributed by atoms with Crippen LogP contribution in [0.25, 0.3) is 16.6 Å². The molecule has 1 heterocycles. The maximum atomic E-state index is 13.2. The molecule has 0 fully saturated rings. The van der Waals surface area contributed by atoms with E-state index >= 15 is 0 Å². The quantitative estimate of drug-likeness (QED) is 0.664. The van der Waals surface area contributed by atoms with Gasteiger partial charge in [0.2, 0.25) is 0 Å². The number of fused-ring (bicyclic) bond motifs is 1. The first-order valence-corrected chi connectivity index (χ1v) is 5.92. The molecule has 2 nitrogen and oxygen atoms in total. The summed E-state index contributed by atoms with van der Waals surface area (Å²) in [5.74, 6) is -0.261. The minimum atomic E-state index is -0.261. The van der Waals surface area contributed by atoms with Crippen molar-refractivity contribution in [2.24, 2.45) is 0 Å². The van der Waals surface area contributed by atoms with Crippen molar-refractivity contribution in [3.8, 4) is 5.69 Å². The summed E-state index contributed by atoms with van der Waals surface area (Å²) in [5, 5.41) is 5.29. The molecule has 0 atom stereocenters. The van der Waals surface area contributed by atoms with Crippen LogP contribution in [0.4, 0.5) is 4.39 Å². The third kappa shape index (κ3) is 1.85. The molecule has 0 spiro atoms. The number of benzene rings is 2. The fraction of sp³-hybridized carbons (Fsp3) is 0. The van der Waals surface area contributed by atoms with Gasteiger partial charge in [0.15, 0.2) is 0 Å². The Kier molecular flexibility index (Phi) is 2.44. The van der Waals surface area contributed by atoms with Gasteiger partial charge in [0.25, 0.3) is 0 Å². The Balaban J connectivity index is 2.24. The lowest BCUT2D eigenvalue weighted by molar-refractivity contribution is 0.626. The predicted octanol–water partition coefficient (Wildman–Crippen LogP) is 3.93. The van der Waals surface area contributed by atoms with E-state index in [4.69, 9.17) is 0 Å². The Morgan fingerprint density at radius 3 is 2.82 bits per heavy atom. The lowest BCUT2D eigenvalue weighted by Crippen LogP contribution is -1.96. The van der Waals surface area contributed by atoms with E-state index in [1.807, 2.05) is 24.3 Å². The largest absolute Gasteiger partial charge is 0.233 e. The van der Waals surface area contributed by atoms with E-state index in [9.17, 15) is 4.39 Å². The van der Waals surface area contributed by atoms with Crippen molar-refractivity contribution in [2.75, 3.05) is 0 Å². The fourth-order valence-corrected chi connectivity index (χ4v) is 2.20. The van der Waals surface area contributed by atoms with Crippen LogP contribution in [-0.2, 0) is 0 Å². The van der Waals surface area contributed by atoms with Gasteiger partial charge in [0.1, 0.15) is 5.82 Å². The molecule has 0 aliphatic rings. The van der Waals surface area contributed by atoms with Gasteiger partial charge in [-0.25, -0.2) is 9.07 Å². The van der Waals surface area contributed by atoms with Crippen LogP contribution in [0.2, 0.25) is 0 Å². The summed E-state index contributed by atoms with van der Waals surface area (Å²) in [4.78, 5) is 0. The monoisotopic (exact) mass is 290 g/mol. The molecular weight excluding hydrogens is 283 g/mol. The first-order chi connectivity index (χ1) is 8.24. The molecule has 0 N–H and O–H groups in total. The Hall–Kier alpha value is -1.68. The Morgan fingerprint density at radius 1 is 1.12 bits per heavy atom. The molecule has 0 aliphatic heterocycles. The number of hydrogen-bond donors (Lipinski definition) is 0. The fourth-order valence-electron chi connectivity index (χ4n) is 1.82. The molecule has 3 rings (SSSR count). The molecule has 17 heavy (non-hydrogen) atoms. The molecule has 0 saturated carbocycles. The molecule has 0 radical (unpaired) electrons. The molecule has 0 bridgehead atoms. The predicted molar refractivity (Wildman–Crippen MR) is 68.7 cm³/mol.